The van der Waals surface area contributed by atoms with Crippen molar-refractivity contribution in [3.63, 3.8) is 0 Å². The van der Waals surface area contributed by atoms with Crippen molar-refractivity contribution in [1.29, 1.82) is 0 Å². The summed E-state index contributed by atoms with van der Waals surface area (Å²) in [4.78, 5) is 30.2. The van der Waals surface area contributed by atoms with Gasteiger partial charge in [0.15, 0.2) is 5.76 Å². The first-order valence-electron chi connectivity index (χ1n) is 10.8. The summed E-state index contributed by atoms with van der Waals surface area (Å²) in [5.74, 6) is 1.36. The molecule has 1 aliphatic rings. The van der Waals surface area contributed by atoms with Crippen LogP contribution in [0.2, 0.25) is 0 Å². The lowest BCUT2D eigenvalue weighted by Gasteiger charge is -2.59. The monoisotopic (exact) mass is 447 g/mol. The van der Waals surface area contributed by atoms with Gasteiger partial charge in [0.05, 0.1) is 12.4 Å². The molecular weight excluding hydrogens is 414 g/mol. The SMILES string of the molecule is CCO[C@@H]1C[C@@](NC(=O)OC(C)(C)C)(C(=O)NCCc2nc(-c3ccco3)n[nH]2)C1(C)C. The first-order chi connectivity index (χ1) is 15.0. The average molecular weight is 448 g/mol. The van der Waals surface area contributed by atoms with Gasteiger partial charge in [0.2, 0.25) is 11.7 Å². The Morgan fingerprint density at radius 2 is 2.09 bits per heavy atom. The van der Waals surface area contributed by atoms with Crippen LogP contribution in [-0.2, 0) is 20.7 Å². The van der Waals surface area contributed by atoms with Crippen molar-refractivity contribution < 1.29 is 23.5 Å². The standard InChI is InChI=1S/C22H33N5O5/c1-7-30-15-13-22(21(15,5)6,25-19(29)32-20(2,3)4)18(28)23-11-10-16-24-17(27-26-16)14-9-8-12-31-14/h8-9,12,15H,7,10-11,13H2,1-6H3,(H,23,28)(H,25,29)(H,24,26,27)/t15-,22-/m1/s1. The molecule has 1 saturated carbocycles. The van der Waals surface area contributed by atoms with E-state index >= 15 is 0 Å². The van der Waals surface area contributed by atoms with Crippen LogP contribution in [0.4, 0.5) is 4.79 Å². The molecule has 10 heteroatoms. The molecule has 2 heterocycles. The number of aromatic nitrogens is 3. The molecule has 0 bridgehead atoms. The van der Waals surface area contributed by atoms with Crippen molar-refractivity contribution in [3.8, 4) is 11.6 Å². The summed E-state index contributed by atoms with van der Waals surface area (Å²) in [6, 6.07) is 3.53. The number of amides is 2. The fourth-order valence-electron chi connectivity index (χ4n) is 3.91. The maximum Gasteiger partial charge on any atom is 0.408 e. The van der Waals surface area contributed by atoms with Gasteiger partial charge >= 0.3 is 6.09 Å². The lowest BCUT2D eigenvalue weighted by Crippen LogP contribution is -2.78. The molecule has 0 saturated heterocycles. The number of hydrogen-bond donors (Lipinski definition) is 3. The Labute approximate surface area is 187 Å². The Kier molecular flexibility index (Phi) is 6.64. The number of ether oxygens (including phenoxy) is 2. The molecule has 32 heavy (non-hydrogen) atoms. The summed E-state index contributed by atoms with van der Waals surface area (Å²) in [5.41, 5.74) is -2.44. The summed E-state index contributed by atoms with van der Waals surface area (Å²) < 4.78 is 16.5. The molecule has 0 unspecified atom stereocenters. The van der Waals surface area contributed by atoms with Gasteiger partial charge in [0, 0.05) is 31.4 Å². The van der Waals surface area contributed by atoms with Crippen LogP contribution < -0.4 is 10.6 Å². The average Bonchev–Trinajstić information content (AvgIpc) is 3.37. The van der Waals surface area contributed by atoms with Gasteiger partial charge in [-0.25, -0.2) is 9.78 Å². The number of nitrogens with zero attached hydrogens (tertiary/aromatic N) is 2. The normalized spacial score (nSPS) is 22.1. The fraction of sp³-hybridized carbons (Fsp3) is 0.636. The second-order valence-corrected chi connectivity index (χ2v) is 9.49. The maximum atomic E-state index is 13.3. The number of furan rings is 1. The first kappa shape index (κ1) is 23.8. The van der Waals surface area contributed by atoms with Gasteiger partial charge in [0.25, 0.3) is 0 Å². The second-order valence-electron chi connectivity index (χ2n) is 9.49. The molecule has 0 aliphatic heterocycles. The van der Waals surface area contributed by atoms with Crippen LogP contribution in [-0.4, -0.2) is 57.6 Å². The summed E-state index contributed by atoms with van der Waals surface area (Å²) in [7, 11) is 0. The number of nitrogens with one attached hydrogen (secondary N) is 3. The summed E-state index contributed by atoms with van der Waals surface area (Å²) >= 11 is 0. The number of aromatic amines is 1. The van der Waals surface area contributed by atoms with Gasteiger partial charge in [-0.2, -0.15) is 5.10 Å². The molecule has 0 spiro atoms. The van der Waals surface area contributed by atoms with Crippen LogP contribution in [0.15, 0.2) is 22.8 Å². The third-order valence-corrected chi connectivity index (χ3v) is 5.79. The van der Waals surface area contributed by atoms with Crippen LogP contribution in [0.3, 0.4) is 0 Å². The van der Waals surface area contributed by atoms with Crippen LogP contribution in [0.5, 0.6) is 0 Å². The Morgan fingerprint density at radius 3 is 2.69 bits per heavy atom. The molecule has 1 aliphatic carbocycles. The molecule has 0 aromatic carbocycles. The number of rotatable bonds is 8. The molecule has 176 valence electrons. The first-order valence-corrected chi connectivity index (χ1v) is 10.8. The number of alkyl carbamates (subject to hydrolysis) is 1. The second kappa shape index (κ2) is 8.93. The van der Waals surface area contributed by atoms with Crippen LogP contribution in [0, 0.1) is 5.41 Å². The molecule has 2 aromatic rings. The molecular formula is C22H33N5O5. The van der Waals surface area contributed by atoms with Crippen LogP contribution >= 0.6 is 0 Å². The van der Waals surface area contributed by atoms with Crippen molar-refractivity contribution in [2.24, 2.45) is 5.41 Å². The van der Waals surface area contributed by atoms with Gasteiger partial charge in [-0.05, 0) is 39.8 Å². The highest BCUT2D eigenvalue weighted by Gasteiger charge is 2.66. The zero-order valence-corrected chi connectivity index (χ0v) is 19.6. The van der Waals surface area contributed by atoms with Crippen molar-refractivity contribution >= 4 is 12.0 Å². The molecule has 2 atom stereocenters. The van der Waals surface area contributed by atoms with Crippen LogP contribution in [0.25, 0.3) is 11.6 Å². The molecule has 3 N–H and O–H groups in total. The highest BCUT2D eigenvalue weighted by Crippen LogP contribution is 2.51. The van der Waals surface area contributed by atoms with E-state index in [4.69, 9.17) is 13.9 Å². The summed E-state index contributed by atoms with van der Waals surface area (Å²) in [5, 5.41) is 12.7. The molecule has 2 aromatic heterocycles. The molecule has 2 amide bonds. The number of hydrogen-bond acceptors (Lipinski definition) is 7. The van der Waals surface area contributed by atoms with Gasteiger partial charge in [-0.15, -0.1) is 0 Å². The molecule has 3 rings (SSSR count). The highest BCUT2D eigenvalue weighted by atomic mass is 16.6. The van der Waals surface area contributed by atoms with Crippen molar-refractivity contribution in [2.45, 2.75) is 71.6 Å². The minimum atomic E-state index is -1.14. The number of carbonyl (C=O) groups is 2. The minimum Gasteiger partial charge on any atom is -0.461 e. The van der Waals surface area contributed by atoms with Gasteiger partial charge < -0.3 is 24.5 Å². The topological polar surface area (TPSA) is 131 Å². The largest absolute Gasteiger partial charge is 0.461 e. The quantitative estimate of drug-likeness (QED) is 0.567. The van der Waals surface area contributed by atoms with Gasteiger partial charge in [-0.3, -0.25) is 9.89 Å². The lowest BCUT2D eigenvalue weighted by molar-refractivity contribution is -0.178. The van der Waals surface area contributed by atoms with E-state index in [-0.39, 0.29) is 12.0 Å². The van der Waals surface area contributed by atoms with E-state index < -0.39 is 22.6 Å². The van der Waals surface area contributed by atoms with Crippen molar-refractivity contribution in [1.82, 2.24) is 25.8 Å². The number of H-pyrrole nitrogens is 1. The van der Waals surface area contributed by atoms with E-state index in [1.54, 1.807) is 39.2 Å². The Balaban J connectivity index is 1.65. The maximum absolute atomic E-state index is 13.3. The van der Waals surface area contributed by atoms with E-state index in [1.807, 2.05) is 20.8 Å². The molecule has 10 nitrogen and oxygen atoms in total. The lowest BCUT2D eigenvalue weighted by atomic mass is 9.53. The van der Waals surface area contributed by atoms with Crippen molar-refractivity contribution in [2.75, 3.05) is 13.2 Å². The van der Waals surface area contributed by atoms with Crippen LogP contribution in [0.1, 0.15) is 53.8 Å². The third kappa shape index (κ3) is 4.79. The fourth-order valence-corrected chi connectivity index (χ4v) is 3.91. The zero-order chi connectivity index (χ0) is 23.6. The van der Waals surface area contributed by atoms with E-state index in [0.29, 0.717) is 43.4 Å². The Morgan fingerprint density at radius 1 is 1.34 bits per heavy atom. The number of carbonyl (C=O) groups excluding carboxylic acids is 2. The highest BCUT2D eigenvalue weighted by molar-refractivity contribution is 5.92. The van der Waals surface area contributed by atoms with E-state index in [0.717, 1.165) is 0 Å². The zero-order valence-electron chi connectivity index (χ0n) is 19.6. The Bertz CT molecular complexity index is 931. The predicted octanol–water partition coefficient (Wildman–Crippen LogP) is 2.82. The smallest absolute Gasteiger partial charge is 0.408 e. The Hall–Kier alpha value is -2.88. The summed E-state index contributed by atoms with van der Waals surface area (Å²) in [6.45, 7) is 11.9. The van der Waals surface area contributed by atoms with Gasteiger partial charge in [0.1, 0.15) is 17.0 Å². The van der Waals surface area contributed by atoms with E-state index in [1.165, 1.54) is 0 Å². The summed E-state index contributed by atoms with van der Waals surface area (Å²) in [6.07, 6.45) is 1.58. The molecule has 1 fully saturated rings. The van der Waals surface area contributed by atoms with E-state index in [2.05, 4.69) is 25.8 Å². The predicted molar refractivity (Wildman–Crippen MR) is 117 cm³/mol. The van der Waals surface area contributed by atoms with Gasteiger partial charge in [-0.1, -0.05) is 13.8 Å². The van der Waals surface area contributed by atoms with E-state index in [9.17, 15) is 9.59 Å². The minimum absolute atomic E-state index is 0.154. The third-order valence-electron chi connectivity index (χ3n) is 5.79. The van der Waals surface area contributed by atoms with Crippen molar-refractivity contribution in [3.05, 3.63) is 24.2 Å². The molecule has 0 radical (unpaired) electrons.